The molecule has 0 unspecified atom stereocenters. The number of hydrogen-bond donors (Lipinski definition) is 1. The van der Waals surface area contributed by atoms with E-state index in [9.17, 15) is 24.5 Å². The second-order valence-electron chi connectivity index (χ2n) is 4.88. The molecule has 0 radical (unpaired) electrons. The lowest BCUT2D eigenvalue weighted by atomic mass is 10.1. The van der Waals surface area contributed by atoms with Crippen molar-refractivity contribution in [2.24, 2.45) is 0 Å². The van der Waals surface area contributed by atoms with Gasteiger partial charge in [-0.2, -0.15) is 0 Å². The Labute approximate surface area is 130 Å². The molecule has 0 aliphatic carbocycles. The minimum Gasteiger partial charge on any atom is -0.463 e. The molecule has 1 fully saturated rings. The summed E-state index contributed by atoms with van der Waals surface area (Å²) in [6, 6.07) is 3.87. The molecule has 9 heteroatoms. The third kappa shape index (κ3) is 4.02. The minimum atomic E-state index is -0.930. The van der Waals surface area contributed by atoms with Gasteiger partial charge in [0.2, 0.25) is 6.10 Å². The summed E-state index contributed by atoms with van der Waals surface area (Å²) in [5, 5.41) is 13.0. The smallest absolute Gasteiger partial charge is 0.347 e. The van der Waals surface area contributed by atoms with E-state index in [0.29, 0.717) is 12.0 Å². The summed E-state index contributed by atoms with van der Waals surface area (Å²) in [7, 11) is 0. The number of amides is 1. The van der Waals surface area contributed by atoms with Gasteiger partial charge in [0.1, 0.15) is 6.54 Å². The van der Waals surface area contributed by atoms with Gasteiger partial charge in [-0.25, -0.2) is 4.79 Å². The summed E-state index contributed by atoms with van der Waals surface area (Å²) in [5.41, 5.74) is 0.417. The zero-order valence-electron chi connectivity index (χ0n) is 12.2. The molecule has 0 bridgehead atoms. The second-order valence-corrected chi connectivity index (χ2v) is 4.88. The standard InChI is InChI=1S/C14H14N2O7/c1-8-6-9(2-3-10(8)16(20)21)13(18)15-7-12(17)23-11-4-5-22-14(11)19/h2-3,6,11H,4-5,7H2,1H3,(H,15,18)/t11-/m1/s1. The van der Waals surface area contributed by atoms with Crippen LogP contribution in [0.25, 0.3) is 0 Å². The van der Waals surface area contributed by atoms with Gasteiger partial charge in [-0.3, -0.25) is 19.7 Å². The van der Waals surface area contributed by atoms with E-state index in [-0.39, 0.29) is 17.9 Å². The predicted octanol–water partition coefficient (Wildman–Crippen LogP) is 0.492. The molecule has 2 rings (SSSR count). The van der Waals surface area contributed by atoms with Gasteiger partial charge in [0.25, 0.3) is 11.6 Å². The molecular formula is C14H14N2O7. The molecule has 1 heterocycles. The van der Waals surface area contributed by atoms with Crippen LogP contribution in [0.2, 0.25) is 0 Å². The zero-order chi connectivity index (χ0) is 17.0. The molecule has 1 aromatic rings. The van der Waals surface area contributed by atoms with Crippen LogP contribution in [0.1, 0.15) is 22.3 Å². The van der Waals surface area contributed by atoms with Crippen LogP contribution in [0.5, 0.6) is 0 Å². The highest BCUT2D eigenvalue weighted by molar-refractivity contribution is 5.96. The number of nitrogens with zero attached hydrogens (tertiary/aromatic N) is 1. The molecule has 1 aliphatic heterocycles. The van der Waals surface area contributed by atoms with Gasteiger partial charge in [-0.05, 0) is 19.1 Å². The van der Waals surface area contributed by atoms with Crippen molar-refractivity contribution in [2.45, 2.75) is 19.4 Å². The Balaban J connectivity index is 1.89. The number of nitro benzene ring substituents is 1. The molecule has 0 saturated carbocycles. The average Bonchev–Trinajstić information content (AvgIpc) is 2.89. The quantitative estimate of drug-likeness (QED) is 0.475. The van der Waals surface area contributed by atoms with Gasteiger partial charge in [-0.1, -0.05) is 0 Å². The lowest BCUT2D eigenvalue weighted by Gasteiger charge is -2.09. The monoisotopic (exact) mass is 322 g/mol. The fraction of sp³-hybridized carbons (Fsp3) is 0.357. The topological polar surface area (TPSA) is 125 Å². The Hall–Kier alpha value is -2.97. The first-order chi connectivity index (χ1) is 10.9. The Morgan fingerprint density at radius 2 is 2.22 bits per heavy atom. The van der Waals surface area contributed by atoms with Gasteiger partial charge < -0.3 is 14.8 Å². The third-order valence-electron chi connectivity index (χ3n) is 3.21. The van der Waals surface area contributed by atoms with Crippen LogP contribution in [0.3, 0.4) is 0 Å². The number of nitrogens with one attached hydrogen (secondary N) is 1. The maximum atomic E-state index is 11.9. The summed E-state index contributed by atoms with van der Waals surface area (Å²) in [6.45, 7) is 1.29. The van der Waals surface area contributed by atoms with Crippen molar-refractivity contribution in [3.8, 4) is 0 Å². The van der Waals surface area contributed by atoms with Gasteiger partial charge >= 0.3 is 11.9 Å². The van der Waals surface area contributed by atoms with Crippen LogP contribution in [0.15, 0.2) is 18.2 Å². The zero-order valence-corrected chi connectivity index (χ0v) is 12.2. The number of hydrogen-bond acceptors (Lipinski definition) is 7. The van der Waals surface area contributed by atoms with Gasteiger partial charge in [-0.15, -0.1) is 0 Å². The highest BCUT2D eigenvalue weighted by Crippen LogP contribution is 2.18. The van der Waals surface area contributed by atoms with Crippen LogP contribution in [0.4, 0.5) is 5.69 Å². The van der Waals surface area contributed by atoms with Crippen molar-refractivity contribution in [3.05, 3.63) is 39.4 Å². The molecule has 1 aromatic carbocycles. The molecule has 0 aromatic heterocycles. The number of esters is 2. The molecule has 1 amide bonds. The van der Waals surface area contributed by atoms with Crippen LogP contribution < -0.4 is 5.32 Å². The van der Waals surface area contributed by atoms with Crippen molar-refractivity contribution in [1.29, 1.82) is 0 Å². The molecule has 1 atom stereocenters. The van der Waals surface area contributed by atoms with Gasteiger partial charge in [0.15, 0.2) is 0 Å². The summed E-state index contributed by atoms with van der Waals surface area (Å²) in [4.78, 5) is 44.8. The van der Waals surface area contributed by atoms with Crippen LogP contribution >= 0.6 is 0 Å². The lowest BCUT2D eigenvalue weighted by Crippen LogP contribution is -2.33. The second kappa shape index (κ2) is 6.86. The third-order valence-corrected chi connectivity index (χ3v) is 3.21. The largest absolute Gasteiger partial charge is 0.463 e. The van der Waals surface area contributed by atoms with Crippen molar-refractivity contribution in [3.63, 3.8) is 0 Å². The number of ether oxygens (including phenoxy) is 2. The number of nitro groups is 1. The average molecular weight is 322 g/mol. The predicted molar refractivity (Wildman–Crippen MR) is 75.6 cm³/mol. The number of carbonyl (C=O) groups is 3. The van der Waals surface area contributed by atoms with Crippen LogP contribution in [0, 0.1) is 17.0 Å². The minimum absolute atomic E-state index is 0.0966. The maximum Gasteiger partial charge on any atom is 0.347 e. The van der Waals surface area contributed by atoms with Gasteiger partial charge in [0, 0.05) is 23.6 Å². The van der Waals surface area contributed by atoms with E-state index >= 15 is 0 Å². The summed E-state index contributed by atoms with van der Waals surface area (Å²) >= 11 is 0. The maximum absolute atomic E-state index is 11.9. The van der Waals surface area contributed by atoms with Crippen molar-refractivity contribution in [1.82, 2.24) is 5.32 Å². The molecule has 122 valence electrons. The van der Waals surface area contributed by atoms with Gasteiger partial charge in [0.05, 0.1) is 11.5 Å². The van der Waals surface area contributed by atoms with E-state index in [1.807, 2.05) is 0 Å². The summed E-state index contributed by atoms with van der Waals surface area (Å²) in [6.07, 6.45) is -0.638. The molecule has 1 N–H and O–H groups in total. The number of benzene rings is 1. The molecule has 1 aliphatic rings. The molecule has 1 saturated heterocycles. The van der Waals surface area contributed by atoms with Crippen LogP contribution in [-0.4, -0.2) is 42.0 Å². The fourth-order valence-electron chi connectivity index (χ4n) is 2.04. The highest BCUT2D eigenvalue weighted by Gasteiger charge is 2.30. The Kier molecular flexibility index (Phi) is 4.89. The Morgan fingerprint density at radius 1 is 1.48 bits per heavy atom. The Bertz CT molecular complexity index is 671. The summed E-state index contributed by atoms with van der Waals surface area (Å²) in [5.74, 6) is -1.94. The van der Waals surface area contributed by atoms with E-state index in [2.05, 4.69) is 10.1 Å². The molecule has 23 heavy (non-hydrogen) atoms. The van der Waals surface area contributed by atoms with Crippen molar-refractivity contribution in [2.75, 3.05) is 13.2 Å². The van der Waals surface area contributed by atoms with E-state index < -0.39 is 35.4 Å². The van der Waals surface area contributed by atoms with E-state index in [0.717, 1.165) is 0 Å². The summed E-state index contributed by atoms with van der Waals surface area (Å²) < 4.78 is 9.51. The lowest BCUT2D eigenvalue weighted by molar-refractivity contribution is -0.385. The normalized spacial score (nSPS) is 16.6. The molecular weight excluding hydrogens is 308 g/mol. The number of cyclic esters (lactones) is 1. The first kappa shape index (κ1) is 16.4. The van der Waals surface area contributed by atoms with E-state index in [1.54, 1.807) is 0 Å². The first-order valence-corrected chi connectivity index (χ1v) is 6.78. The number of rotatable bonds is 5. The van der Waals surface area contributed by atoms with E-state index in [1.165, 1.54) is 25.1 Å². The molecule has 9 nitrogen and oxygen atoms in total. The Morgan fingerprint density at radius 3 is 2.78 bits per heavy atom. The highest BCUT2D eigenvalue weighted by atomic mass is 16.6. The SMILES string of the molecule is Cc1cc(C(=O)NCC(=O)O[C@@H]2CCOC2=O)ccc1[N+](=O)[O-]. The van der Waals surface area contributed by atoms with Crippen molar-refractivity contribution >= 4 is 23.5 Å². The van der Waals surface area contributed by atoms with E-state index in [4.69, 9.17) is 4.74 Å². The van der Waals surface area contributed by atoms with Crippen LogP contribution in [-0.2, 0) is 19.1 Å². The molecule has 0 spiro atoms. The number of aryl methyl sites for hydroxylation is 1. The number of carbonyl (C=O) groups excluding carboxylic acids is 3. The fourth-order valence-corrected chi connectivity index (χ4v) is 2.04. The van der Waals surface area contributed by atoms with Crippen molar-refractivity contribution < 1.29 is 28.8 Å². The first-order valence-electron chi connectivity index (χ1n) is 6.78.